The minimum absolute atomic E-state index is 0.491. The molecule has 1 aromatic heterocycles. The fourth-order valence-corrected chi connectivity index (χ4v) is 0.654. The summed E-state index contributed by atoms with van der Waals surface area (Å²) in [6.07, 6.45) is 3.02. The van der Waals surface area contributed by atoms with Crippen LogP contribution in [0.5, 0.6) is 0 Å². The summed E-state index contributed by atoms with van der Waals surface area (Å²) in [5, 5.41) is 10.7. The van der Waals surface area contributed by atoms with Crippen LogP contribution in [0.2, 0.25) is 0 Å². The number of hydrogen-bond donors (Lipinski definition) is 0. The van der Waals surface area contributed by atoms with E-state index in [1.54, 1.807) is 12.1 Å². The van der Waals surface area contributed by atoms with Crippen LogP contribution in [0.1, 0.15) is 0 Å². The van der Waals surface area contributed by atoms with Crippen LogP contribution in [0.4, 0.5) is 5.69 Å². The molecule has 0 aliphatic rings. The topological polar surface area (TPSA) is 59.3 Å². The molecule has 0 N–H and O–H groups in total. The van der Waals surface area contributed by atoms with E-state index in [0.29, 0.717) is 5.69 Å². The van der Waals surface area contributed by atoms with Crippen molar-refractivity contribution >= 4 is 5.69 Å². The van der Waals surface area contributed by atoms with E-state index in [-0.39, 0.29) is 0 Å². The highest BCUT2D eigenvalue weighted by molar-refractivity contribution is 5.40. The maximum absolute atomic E-state index is 10.2. The Morgan fingerprint density at radius 1 is 1.55 bits per heavy atom. The van der Waals surface area contributed by atoms with Crippen LogP contribution in [-0.4, -0.2) is 17.1 Å². The smallest absolute Gasteiger partial charge is 0.164 e. The van der Waals surface area contributed by atoms with Gasteiger partial charge in [-0.2, -0.15) is 0 Å². The number of pyridine rings is 1. The van der Waals surface area contributed by atoms with E-state index in [1.807, 2.05) is 0 Å². The van der Waals surface area contributed by atoms with Gasteiger partial charge in [-0.25, -0.2) is 10.1 Å². The molecule has 0 bridgehead atoms. The lowest BCUT2D eigenvalue weighted by atomic mass is 10.4. The first kappa shape index (κ1) is 7.46. The van der Waals surface area contributed by atoms with Gasteiger partial charge in [0, 0.05) is 12.4 Å². The van der Waals surface area contributed by atoms with Crippen molar-refractivity contribution in [3.8, 4) is 0 Å². The molecule has 11 heavy (non-hydrogen) atoms. The molecule has 0 aliphatic carbocycles. The third-order valence-corrected chi connectivity index (χ3v) is 1.28. The lowest BCUT2D eigenvalue weighted by Crippen LogP contribution is -2.24. The standard InChI is InChI=1S/C6H7N3O2/c1-8(9(10)11)6-2-4-7-5-3-6/h2-5H,1H3. The van der Waals surface area contributed by atoms with Gasteiger partial charge in [0.15, 0.2) is 5.03 Å². The van der Waals surface area contributed by atoms with Gasteiger partial charge in [-0.3, -0.25) is 4.98 Å². The zero-order valence-corrected chi connectivity index (χ0v) is 5.97. The van der Waals surface area contributed by atoms with E-state index >= 15 is 0 Å². The number of anilines is 1. The summed E-state index contributed by atoms with van der Waals surface area (Å²) in [4.78, 5) is 13.9. The van der Waals surface area contributed by atoms with Gasteiger partial charge in [-0.15, -0.1) is 0 Å². The quantitative estimate of drug-likeness (QED) is 0.463. The number of hydrogen-bond acceptors (Lipinski definition) is 3. The van der Waals surface area contributed by atoms with Crippen LogP contribution in [-0.2, 0) is 0 Å². The average Bonchev–Trinajstić information content (AvgIpc) is 2.05. The molecule has 0 atom stereocenters. The highest BCUT2D eigenvalue weighted by atomic mass is 16.7. The highest BCUT2D eigenvalue weighted by Crippen LogP contribution is 2.08. The fourth-order valence-electron chi connectivity index (χ4n) is 0.654. The largest absolute Gasteiger partial charge is 0.265 e. The average molecular weight is 153 g/mol. The maximum Gasteiger partial charge on any atom is 0.164 e. The van der Waals surface area contributed by atoms with Crippen molar-refractivity contribution in [2.45, 2.75) is 0 Å². The van der Waals surface area contributed by atoms with Crippen LogP contribution in [0.25, 0.3) is 0 Å². The lowest BCUT2D eigenvalue weighted by Gasteiger charge is -2.05. The second-order valence-corrected chi connectivity index (χ2v) is 1.97. The first-order valence-corrected chi connectivity index (χ1v) is 3.00. The molecule has 0 spiro atoms. The van der Waals surface area contributed by atoms with E-state index in [4.69, 9.17) is 0 Å². The number of nitrogens with zero attached hydrogens (tertiary/aromatic N) is 3. The summed E-state index contributed by atoms with van der Waals surface area (Å²) in [6, 6.07) is 3.14. The summed E-state index contributed by atoms with van der Waals surface area (Å²) < 4.78 is 0. The van der Waals surface area contributed by atoms with Gasteiger partial charge in [0.05, 0.1) is 7.05 Å². The molecule has 1 aromatic rings. The van der Waals surface area contributed by atoms with Crippen LogP contribution in [0.15, 0.2) is 24.5 Å². The monoisotopic (exact) mass is 153 g/mol. The second kappa shape index (κ2) is 2.96. The molecule has 0 saturated carbocycles. The predicted octanol–water partition coefficient (Wildman–Crippen LogP) is 0.709. The molecule has 0 aliphatic heterocycles. The van der Waals surface area contributed by atoms with Crippen molar-refractivity contribution < 1.29 is 5.03 Å². The fraction of sp³-hybridized carbons (Fsp3) is 0.167. The van der Waals surface area contributed by atoms with Gasteiger partial charge in [0.2, 0.25) is 0 Å². The first-order chi connectivity index (χ1) is 5.22. The molecule has 0 fully saturated rings. The number of hydrazine groups is 1. The summed E-state index contributed by atoms with van der Waals surface area (Å²) in [6.45, 7) is 0. The number of nitro groups is 1. The van der Waals surface area contributed by atoms with Crippen molar-refractivity contribution in [1.82, 2.24) is 4.98 Å². The van der Waals surface area contributed by atoms with Crippen LogP contribution in [0, 0.1) is 10.1 Å². The van der Waals surface area contributed by atoms with Crippen LogP contribution >= 0.6 is 0 Å². The third kappa shape index (κ3) is 1.64. The molecule has 0 aromatic carbocycles. The van der Waals surface area contributed by atoms with Gasteiger partial charge < -0.3 is 0 Å². The molecule has 0 saturated heterocycles. The van der Waals surface area contributed by atoms with E-state index in [1.165, 1.54) is 19.4 Å². The van der Waals surface area contributed by atoms with Gasteiger partial charge in [0.1, 0.15) is 5.69 Å². The molecular weight excluding hydrogens is 146 g/mol. The van der Waals surface area contributed by atoms with Crippen molar-refractivity contribution in [3.63, 3.8) is 0 Å². The number of aromatic nitrogens is 1. The Labute approximate surface area is 63.4 Å². The minimum atomic E-state index is -0.491. The molecule has 1 rings (SSSR count). The van der Waals surface area contributed by atoms with Crippen LogP contribution < -0.4 is 5.01 Å². The third-order valence-electron chi connectivity index (χ3n) is 1.28. The summed E-state index contributed by atoms with van der Waals surface area (Å²) in [5.41, 5.74) is 0.519. The molecule has 0 unspecified atom stereocenters. The van der Waals surface area contributed by atoms with Gasteiger partial charge in [0.25, 0.3) is 0 Å². The predicted molar refractivity (Wildman–Crippen MR) is 39.6 cm³/mol. The summed E-state index contributed by atoms with van der Waals surface area (Å²) in [5.74, 6) is 0. The van der Waals surface area contributed by atoms with Crippen molar-refractivity contribution in [1.29, 1.82) is 0 Å². The van der Waals surface area contributed by atoms with Crippen molar-refractivity contribution in [3.05, 3.63) is 34.6 Å². The summed E-state index contributed by atoms with van der Waals surface area (Å²) in [7, 11) is 1.38. The van der Waals surface area contributed by atoms with E-state index < -0.39 is 5.03 Å². The van der Waals surface area contributed by atoms with Gasteiger partial charge >= 0.3 is 0 Å². The van der Waals surface area contributed by atoms with Crippen molar-refractivity contribution in [2.24, 2.45) is 0 Å². The van der Waals surface area contributed by atoms with Gasteiger partial charge in [-0.1, -0.05) is 5.01 Å². The minimum Gasteiger partial charge on any atom is -0.265 e. The Kier molecular flexibility index (Phi) is 2.00. The zero-order valence-electron chi connectivity index (χ0n) is 5.97. The molecule has 1 heterocycles. The Morgan fingerprint density at radius 2 is 2.09 bits per heavy atom. The highest BCUT2D eigenvalue weighted by Gasteiger charge is 2.08. The Balaban J connectivity index is 2.85. The Hall–Kier alpha value is -1.65. The molecule has 0 radical (unpaired) electrons. The molecular formula is C6H7N3O2. The van der Waals surface area contributed by atoms with Gasteiger partial charge in [-0.05, 0) is 12.1 Å². The maximum atomic E-state index is 10.2. The molecule has 58 valence electrons. The summed E-state index contributed by atoms with van der Waals surface area (Å²) >= 11 is 0. The molecule has 5 nitrogen and oxygen atoms in total. The zero-order chi connectivity index (χ0) is 8.27. The van der Waals surface area contributed by atoms with E-state index in [2.05, 4.69) is 4.98 Å². The Morgan fingerprint density at radius 3 is 2.55 bits per heavy atom. The number of rotatable bonds is 2. The normalized spacial score (nSPS) is 9.18. The first-order valence-electron chi connectivity index (χ1n) is 3.00. The molecule has 5 heteroatoms. The SMILES string of the molecule is CN(c1ccncc1)[N+](=O)[O-]. The van der Waals surface area contributed by atoms with Crippen molar-refractivity contribution in [2.75, 3.05) is 12.1 Å². The second-order valence-electron chi connectivity index (χ2n) is 1.97. The lowest BCUT2D eigenvalue weighted by molar-refractivity contribution is -0.490. The Bertz CT molecular complexity index is 249. The molecule has 0 amide bonds. The van der Waals surface area contributed by atoms with E-state index in [9.17, 15) is 10.1 Å². The van der Waals surface area contributed by atoms with Crippen LogP contribution in [0.3, 0.4) is 0 Å². The van der Waals surface area contributed by atoms with E-state index in [0.717, 1.165) is 5.01 Å².